The summed E-state index contributed by atoms with van der Waals surface area (Å²) in [4.78, 5) is 4.22. The van der Waals surface area contributed by atoms with Gasteiger partial charge in [-0.05, 0) is 6.42 Å². The average Bonchev–Trinajstić information content (AvgIpc) is 2.66. The monoisotopic (exact) mass is 215 g/mol. The molecule has 0 amide bonds. The highest BCUT2D eigenvalue weighted by atomic mass is 32.1. The van der Waals surface area contributed by atoms with E-state index in [0.29, 0.717) is 25.1 Å². The third kappa shape index (κ3) is 2.12. The lowest BCUT2D eigenvalue weighted by Gasteiger charge is -2.24. The van der Waals surface area contributed by atoms with Gasteiger partial charge in [-0.2, -0.15) is 0 Å². The molecule has 0 saturated carbocycles. The maximum absolute atomic E-state index is 9.45. The fourth-order valence-electron chi connectivity index (χ4n) is 1.49. The van der Waals surface area contributed by atoms with Gasteiger partial charge in [-0.15, -0.1) is 11.3 Å². The quantitative estimate of drug-likeness (QED) is 0.767. The summed E-state index contributed by atoms with van der Waals surface area (Å²) in [5, 5.41) is 21.0. The summed E-state index contributed by atoms with van der Waals surface area (Å²) >= 11 is 1.48. The maximum Gasteiger partial charge on any atom is 0.122 e. The van der Waals surface area contributed by atoms with Gasteiger partial charge in [-0.1, -0.05) is 0 Å². The second kappa shape index (κ2) is 4.35. The molecule has 1 saturated heterocycles. The molecule has 1 aliphatic heterocycles. The van der Waals surface area contributed by atoms with Crippen molar-refractivity contribution in [1.29, 1.82) is 0 Å². The van der Waals surface area contributed by atoms with Crippen LogP contribution in [0.5, 0.6) is 0 Å². The molecule has 2 rings (SSSR count). The lowest BCUT2D eigenvalue weighted by atomic mass is 10.1. The number of nitrogens with zero attached hydrogens (tertiary/aromatic N) is 1. The van der Waals surface area contributed by atoms with Crippen LogP contribution in [0.4, 0.5) is 0 Å². The molecule has 0 bridgehead atoms. The standard InChI is InChI=1S/C9H13NO3S/c11-4-6-5-14-9(10-6)8-3-7(12)1-2-13-8/h5,7-8,11-12H,1-4H2. The Kier molecular flexibility index (Phi) is 3.12. The zero-order chi connectivity index (χ0) is 9.97. The van der Waals surface area contributed by atoms with E-state index in [1.807, 2.05) is 5.38 Å². The van der Waals surface area contributed by atoms with Crippen molar-refractivity contribution >= 4 is 11.3 Å². The highest BCUT2D eigenvalue weighted by Gasteiger charge is 2.24. The first-order chi connectivity index (χ1) is 6.79. The van der Waals surface area contributed by atoms with Crippen LogP contribution in [-0.2, 0) is 11.3 Å². The van der Waals surface area contributed by atoms with E-state index in [1.54, 1.807) is 0 Å². The minimum Gasteiger partial charge on any atom is -0.393 e. The second-order valence-corrected chi connectivity index (χ2v) is 4.26. The minimum atomic E-state index is -0.282. The third-order valence-electron chi connectivity index (χ3n) is 2.26. The molecule has 0 aromatic carbocycles. The number of aliphatic hydroxyl groups excluding tert-OH is 2. The second-order valence-electron chi connectivity index (χ2n) is 3.37. The predicted octanol–water partition coefficient (Wildman–Crippen LogP) is 0.848. The van der Waals surface area contributed by atoms with Crippen LogP contribution in [-0.4, -0.2) is 27.9 Å². The number of thiazole rings is 1. The fraction of sp³-hybridized carbons (Fsp3) is 0.667. The van der Waals surface area contributed by atoms with Crippen molar-refractivity contribution in [1.82, 2.24) is 4.98 Å². The zero-order valence-electron chi connectivity index (χ0n) is 7.72. The molecular formula is C9H13NO3S. The lowest BCUT2D eigenvalue weighted by Crippen LogP contribution is -2.23. The van der Waals surface area contributed by atoms with Gasteiger partial charge in [0.25, 0.3) is 0 Å². The minimum absolute atomic E-state index is 0.0359. The van der Waals surface area contributed by atoms with E-state index in [1.165, 1.54) is 11.3 Å². The van der Waals surface area contributed by atoms with E-state index in [9.17, 15) is 5.11 Å². The van der Waals surface area contributed by atoms with Crippen LogP contribution in [0, 0.1) is 0 Å². The van der Waals surface area contributed by atoms with Gasteiger partial charge in [-0.3, -0.25) is 0 Å². The number of rotatable bonds is 2. The summed E-state index contributed by atoms with van der Waals surface area (Å²) < 4.78 is 5.50. The lowest BCUT2D eigenvalue weighted by molar-refractivity contribution is -0.0449. The molecule has 0 aliphatic carbocycles. The topological polar surface area (TPSA) is 62.6 Å². The summed E-state index contributed by atoms with van der Waals surface area (Å²) in [7, 11) is 0. The molecule has 1 aliphatic rings. The first-order valence-corrected chi connectivity index (χ1v) is 5.52. The summed E-state index contributed by atoms with van der Waals surface area (Å²) in [6.07, 6.45) is 0.937. The van der Waals surface area contributed by atoms with Crippen LogP contribution >= 0.6 is 11.3 Å². The van der Waals surface area contributed by atoms with E-state index < -0.39 is 0 Å². The Balaban J connectivity index is 2.06. The van der Waals surface area contributed by atoms with Gasteiger partial charge in [-0.25, -0.2) is 4.98 Å². The van der Waals surface area contributed by atoms with Crippen molar-refractivity contribution in [3.05, 3.63) is 16.1 Å². The first kappa shape index (κ1) is 10.0. The molecule has 14 heavy (non-hydrogen) atoms. The Hall–Kier alpha value is -0.490. The highest BCUT2D eigenvalue weighted by Crippen LogP contribution is 2.30. The fourth-order valence-corrected chi connectivity index (χ4v) is 2.36. The molecule has 0 radical (unpaired) electrons. The first-order valence-electron chi connectivity index (χ1n) is 4.64. The summed E-state index contributed by atoms with van der Waals surface area (Å²) in [5.74, 6) is 0. The molecule has 2 heterocycles. The smallest absolute Gasteiger partial charge is 0.122 e. The SMILES string of the molecule is OCc1csc(C2CC(O)CCO2)n1. The van der Waals surface area contributed by atoms with Crippen LogP contribution < -0.4 is 0 Å². The van der Waals surface area contributed by atoms with Crippen LogP contribution in [0.15, 0.2) is 5.38 Å². The number of aliphatic hydroxyl groups is 2. The van der Waals surface area contributed by atoms with Gasteiger partial charge in [0.2, 0.25) is 0 Å². The Morgan fingerprint density at radius 2 is 2.50 bits per heavy atom. The Morgan fingerprint density at radius 1 is 1.64 bits per heavy atom. The van der Waals surface area contributed by atoms with Gasteiger partial charge in [0, 0.05) is 18.4 Å². The van der Waals surface area contributed by atoms with Crippen LogP contribution in [0.2, 0.25) is 0 Å². The maximum atomic E-state index is 9.45. The van der Waals surface area contributed by atoms with Gasteiger partial charge in [0.15, 0.2) is 0 Å². The van der Waals surface area contributed by atoms with Gasteiger partial charge in [0.1, 0.15) is 11.1 Å². The summed E-state index contributed by atoms with van der Waals surface area (Å²) in [5.41, 5.74) is 0.675. The summed E-state index contributed by atoms with van der Waals surface area (Å²) in [6, 6.07) is 0. The Morgan fingerprint density at radius 3 is 3.14 bits per heavy atom. The average molecular weight is 215 g/mol. The van der Waals surface area contributed by atoms with Crippen molar-refractivity contribution in [2.45, 2.75) is 31.7 Å². The molecule has 2 atom stereocenters. The van der Waals surface area contributed by atoms with Gasteiger partial charge >= 0.3 is 0 Å². The Bertz CT molecular complexity index is 302. The van der Waals surface area contributed by atoms with Crippen LogP contribution in [0.1, 0.15) is 29.6 Å². The highest BCUT2D eigenvalue weighted by molar-refractivity contribution is 7.09. The van der Waals surface area contributed by atoms with E-state index in [4.69, 9.17) is 9.84 Å². The van der Waals surface area contributed by atoms with Crippen LogP contribution in [0.3, 0.4) is 0 Å². The van der Waals surface area contributed by atoms with Crippen molar-refractivity contribution in [2.24, 2.45) is 0 Å². The normalized spacial score (nSPS) is 27.9. The van der Waals surface area contributed by atoms with Crippen molar-refractivity contribution in [3.8, 4) is 0 Å². The van der Waals surface area contributed by atoms with E-state index in [-0.39, 0.29) is 18.8 Å². The Labute approximate surface area is 86.2 Å². The van der Waals surface area contributed by atoms with E-state index in [2.05, 4.69) is 4.98 Å². The molecule has 4 nitrogen and oxygen atoms in total. The number of aromatic nitrogens is 1. The molecule has 1 fully saturated rings. The molecule has 78 valence electrons. The molecule has 2 N–H and O–H groups in total. The van der Waals surface area contributed by atoms with Gasteiger partial charge < -0.3 is 14.9 Å². The molecular weight excluding hydrogens is 202 g/mol. The number of ether oxygens (including phenoxy) is 1. The van der Waals surface area contributed by atoms with E-state index >= 15 is 0 Å². The van der Waals surface area contributed by atoms with Crippen LogP contribution in [0.25, 0.3) is 0 Å². The molecule has 0 spiro atoms. The van der Waals surface area contributed by atoms with Crippen molar-refractivity contribution < 1.29 is 14.9 Å². The number of hydrogen-bond acceptors (Lipinski definition) is 5. The largest absolute Gasteiger partial charge is 0.393 e. The number of hydrogen-bond donors (Lipinski definition) is 2. The molecule has 2 unspecified atom stereocenters. The summed E-state index contributed by atoms with van der Waals surface area (Å²) in [6.45, 7) is 0.547. The van der Waals surface area contributed by atoms with E-state index in [0.717, 1.165) is 5.01 Å². The van der Waals surface area contributed by atoms with Crippen molar-refractivity contribution in [2.75, 3.05) is 6.61 Å². The van der Waals surface area contributed by atoms with Gasteiger partial charge in [0.05, 0.1) is 18.4 Å². The molecule has 1 aromatic heterocycles. The molecule has 1 aromatic rings. The third-order valence-corrected chi connectivity index (χ3v) is 3.25. The van der Waals surface area contributed by atoms with Crippen molar-refractivity contribution in [3.63, 3.8) is 0 Å². The molecule has 5 heteroatoms. The zero-order valence-corrected chi connectivity index (χ0v) is 8.54. The predicted molar refractivity (Wildman–Crippen MR) is 52.0 cm³/mol.